The summed E-state index contributed by atoms with van der Waals surface area (Å²) in [5.74, 6) is 1.43. The van der Waals surface area contributed by atoms with E-state index in [0.29, 0.717) is 5.82 Å². The van der Waals surface area contributed by atoms with Crippen LogP contribution in [0.25, 0.3) is 111 Å². The van der Waals surface area contributed by atoms with Crippen LogP contribution in [-0.2, 0) is 28.1 Å². The lowest BCUT2D eigenvalue weighted by Crippen LogP contribution is -2.43. The minimum atomic E-state index is -0.573. The molecule has 4 aliphatic rings. The number of aromatic nitrogens is 4. The lowest BCUT2D eigenvalue weighted by Gasteiger charge is -2.48. The van der Waals surface area contributed by atoms with E-state index in [-0.39, 0.29) is 10.8 Å². The summed E-state index contributed by atoms with van der Waals surface area (Å²) in [6.07, 6.45) is 0.802. The van der Waals surface area contributed by atoms with E-state index in [1.807, 2.05) is 0 Å². The Morgan fingerprint density at radius 2 is 0.694 bits per heavy atom. The van der Waals surface area contributed by atoms with Crippen LogP contribution in [0.2, 0.25) is 0 Å². The third kappa shape index (κ3) is 7.77. The van der Waals surface area contributed by atoms with Gasteiger partial charge >= 0.3 is 0 Å². The highest BCUT2D eigenvalue weighted by atomic mass is 14.9. The van der Waals surface area contributed by atoms with Crippen molar-refractivity contribution in [1.29, 1.82) is 0 Å². The van der Waals surface area contributed by atoms with Crippen LogP contribution < -0.4 is 0 Å². The predicted octanol–water partition coefficient (Wildman–Crippen LogP) is 22.3. The average Bonchev–Trinajstić information content (AvgIpc) is 1.45. The zero-order valence-electron chi connectivity index (χ0n) is 54.6. The van der Waals surface area contributed by atoms with E-state index >= 15 is 0 Å². The van der Waals surface area contributed by atoms with E-state index in [0.717, 1.165) is 73.3 Å². The standard InChI is InChI=1S/C94H64N4/c1-91(2)75-38-12-16-42-79(75)94(80-43-17-13-39-76(80)91)73-37-11-7-31-67(73)86-70(35-24-46-83(86)94)90-96-84-47-20-8-32-68(84)87(97-90)61-51-49-59(50-52-61)62-28-22-25-58(55-62)57-92(3)77-40-14-18-44-81(77)93(82-45-19-15-41-78(82)92)72-36-10-6-30-65(72)71-56-63(53-54-74(71)93)89-95-85-48-21-9-33-69(85)88(98-89)66-34-23-27-60-26-4-5-29-64(60)66/h4-56H,57H2,1-3H3. The van der Waals surface area contributed by atoms with Crippen LogP contribution in [0.1, 0.15) is 93.1 Å². The van der Waals surface area contributed by atoms with Crippen molar-refractivity contribution in [2.75, 3.05) is 0 Å². The highest BCUT2D eigenvalue weighted by molar-refractivity contribution is 6.04. The van der Waals surface area contributed by atoms with E-state index in [2.05, 4.69) is 342 Å². The minimum Gasteiger partial charge on any atom is -0.228 e. The Bertz CT molecular complexity index is 5950. The smallest absolute Gasteiger partial charge is 0.161 e. The fourth-order valence-corrected chi connectivity index (χ4v) is 18.5. The van der Waals surface area contributed by atoms with Gasteiger partial charge in [-0.2, -0.15) is 0 Å². The molecule has 2 aromatic heterocycles. The topological polar surface area (TPSA) is 51.6 Å². The number of hydrogen-bond donors (Lipinski definition) is 0. The van der Waals surface area contributed by atoms with E-state index < -0.39 is 10.8 Å². The van der Waals surface area contributed by atoms with Crippen molar-refractivity contribution in [2.24, 2.45) is 0 Å². The monoisotopic (exact) mass is 1250 g/mol. The second-order valence-corrected chi connectivity index (χ2v) is 28.0. The molecule has 460 valence electrons. The number of hydrogen-bond acceptors (Lipinski definition) is 4. The summed E-state index contributed by atoms with van der Waals surface area (Å²) in [7, 11) is 0. The fourth-order valence-electron chi connectivity index (χ4n) is 18.5. The van der Waals surface area contributed by atoms with Gasteiger partial charge in [0.15, 0.2) is 11.6 Å². The highest BCUT2D eigenvalue weighted by Gasteiger charge is 2.56. The van der Waals surface area contributed by atoms with Crippen molar-refractivity contribution >= 4 is 32.6 Å². The van der Waals surface area contributed by atoms with Crippen molar-refractivity contribution in [3.63, 3.8) is 0 Å². The Morgan fingerprint density at radius 1 is 0.255 bits per heavy atom. The van der Waals surface area contributed by atoms with Crippen molar-refractivity contribution in [3.8, 4) is 78.7 Å². The maximum atomic E-state index is 5.64. The first kappa shape index (κ1) is 56.4. The molecular formula is C94H64N4. The molecule has 4 aliphatic carbocycles. The predicted molar refractivity (Wildman–Crippen MR) is 401 cm³/mol. The summed E-state index contributed by atoms with van der Waals surface area (Å²) in [5.41, 5.74) is 30.5. The number of nitrogens with zero attached hydrogens (tertiary/aromatic N) is 4. The van der Waals surface area contributed by atoms with E-state index in [9.17, 15) is 0 Å². The van der Waals surface area contributed by atoms with Gasteiger partial charge in [-0.3, -0.25) is 0 Å². The maximum Gasteiger partial charge on any atom is 0.161 e. The maximum absolute atomic E-state index is 5.64. The molecule has 2 heterocycles. The van der Waals surface area contributed by atoms with Crippen LogP contribution in [-0.4, -0.2) is 19.9 Å². The van der Waals surface area contributed by atoms with Gasteiger partial charge in [-0.25, -0.2) is 19.9 Å². The van der Waals surface area contributed by atoms with Gasteiger partial charge < -0.3 is 0 Å². The second kappa shape index (κ2) is 21.0. The van der Waals surface area contributed by atoms with Crippen LogP contribution in [0, 0.1) is 0 Å². The number of rotatable bonds is 7. The van der Waals surface area contributed by atoms with Crippen molar-refractivity contribution in [2.45, 2.75) is 48.9 Å². The molecular weight excluding hydrogens is 1190 g/mol. The Morgan fingerprint density at radius 3 is 1.38 bits per heavy atom. The zero-order chi connectivity index (χ0) is 65.1. The molecule has 0 amide bonds. The Balaban J connectivity index is 0.661. The third-order valence-electron chi connectivity index (χ3n) is 22.7. The third-order valence-corrected chi connectivity index (χ3v) is 22.7. The minimum absolute atomic E-state index is 0.185. The lowest BCUT2D eigenvalue weighted by molar-refractivity contribution is 0.514. The van der Waals surface area contributed by atoms with Crippen molar-refractivity contribution < 1.29 is 0 Å². The van der Waals surface area contributed by atoms with Gasteiger partial charge in [0.2, 0.25) is 0 Å². The van der Waals surface area contributed by atoms with Crippen LogP contribution in [0.5, 0.6) is 0 Å². The van der Waals surface area contributed by atoms with Crippen LogP contribution in [0.15, 0.2) is 322 Å². The van der Waals surface area contributed by atoms with Crippen LogP contribution in [0.4, 0.5) is 0 Å². The number of benzene rings is 14. The van der Waals surface area contributed by atoms with Crippen LogP contribution in [0.3, 0.4) is 0 Å². The first-order valence-electron chi connectivity index (χ1n) is 34.3. The van der Waals surface area contributed by atoms with Gasteiger partial charge in [0.25, 0.3) is 0 Å². The second-order valence-electron chi connectivity index (χ2n) is 28.0. The molecule has 0 unspecified atom stereocenters. The molecule has 2 spiro atoms. The summed E-state index contributed by atoms with van der Waals surface area (Å²) in [5, 5.41) is 4.42. The molecule has 20 rings (SSSR count). The van der Waals surface area contributed by atoms with Gasteiger partial charge in [-0.15, -0.1) is 0 Å². The first-order valence-corrected chi connectivity index (χ1v) is 34.3. The molecule has 0 N–H and O–H groups in total. The van der Waals surface area contributed by atoms with Crippen molar-refractivity contribution in [1.82, 2.24) is 19.9 Å². The average molecular weight is 1250 g/mol. The van der Waals surface area contributed by atoms with E-state index in [4.69, 9.17) is 19.9 Å². The SMILES string of the molecule is CC1(C)c2ccccc2C2(c3ccccc3-c3c(-c4nc(-c5ccc(-c6cccc(CC7(C)c8ccccc8C8(c9ccccc9-c9cc(-c%10nc(-c%11cccc%12ccccc%11%12)c%11ccccc%11n%10)ccc98)c8ccccc87)c6)cc5)c5ccccc5n4)cccc32)c2ccccc21. The summed E-state index contributed by atoms with van der Waals surface area (Å²) < 4.78 is 0. The summed E-state index contributed by atoms with van der Waals surface area (Å²) in [6, 6.07) is 119. The normalized spacial score (nSPS) is 15.8. The summed E-state index contributed by atoms with van der Waals surface area (Å²) in [4.78, 5) is 21.9. The Hall–Kier alpha value is -12.0. The lowest BCUT2D eigenvalue weighted by atomic mass is 9.54. The molecule has 0 aliphatic heterocycles. The Kier molecular flexibility index (Phi) is 12.1. The summed E-state index contributed by atoms with van der Waals surface area (Å²) >= 11 is 0. The molecule has 14 aromatic carbocycles. The molecule has 4 nitrogen and oxygen atoms in total. The number of para-hydroxylation sites is 2. The molecule has 0 atom stereocenters. The summed E-state index contributed by atoms with van der Waals surface area (Å²) in [6.45, 7) is 7.23. The number of fused-ring (bicyclic) bond motifs is 21. The molecule has 0 saturated carbocycles. The Labute approximate surface area is 570 Å². The zero-order valence-corrected chi connectivity index (χ0v) is 54.6. The van der Waals surface area contributed by atoms with Gasteiger partial charge in [0.1, 0.15) is 0 Å². The van der Waals surface area contributed by atoms with Gasteiger partial charge in [0.05, 0.1) is 33.3 Å². The molecule has 4 heteroatoms. The molecule has 0 saturated heterocycles. The largest absolute Gasteiger partial charge is 0.228 e. The van der Waals surface area contributed by atoms with E-state index in [1.54, 1.807) is 0 Å². The van der Waals surface area contributed by atoms with E-state index in [1.165, 1.54) is 111 Å². The quantitative estimate of drug-likeness (QED) is 0.160. The van der Waals surface area contributed by atoms with Gasteiger partial charge in [-0.05, 0) is 141 Å². The molecule has 16 aromatic rings. The fraction of sp³-hybridized carbons (Fsp3) is 0.0851. The molecule has 0 bridgehead atoms. The highest BCUT2D eigenvalue weighted by Crippen LogP contribution is 2.65. The van der Waals surface area contributed by atoms with Crippen LogP contribution >= 0.6 is 0 Å². The molecule has 0 fully saturated rings. The molecule has 98 heavy (non-hydrogen) atoms. The van der Waals surface area contributed by atoms with Gasteiger partial charge in [-0.1, -0.05) is 324 Å². The van der Waals surface area contributed by atoms with Gasteiger partial charge in [0, 0.05) is 43.9 Å². The molecule has 0 radical (unpaired) electrons. The van der Waals surface area contributed by atoms with Crippen molar-refractivity contribution in [3.05, 3.63) is 394 Å². The first-order chi connectivity index (χ1) is 48.2.